The molecule has 0 spiro atoms. The SMILES string of the molecule is COCn1c2ccccc2c2c(OC)c3cnc4ccccc4c3cc21. The molecule has 0 fully saturated rings. The Labute approximate surface area is 150 Å². The summed E-state index contributed by atoms with van der Waals surface area (Å²) in [5, 5.41) is 5.55. The molecule has 0 saturated heterocycles. The fourth-order valence-electron chi connectivity index (χ4n) is 3.96. The molecule has 0 amide bonds. The van der Waals surface area contributed by atoms with Gasteiger partial charge in [-0.1, -0.05) is 36.4 Å². The van der Waals surface area contributed by atoms with Crippen LogP contribution in [0.4, 0.5) is 0 Å². The van der Waals surface area contributed by atoms with Crippen LogP contribution in [0.5, 0.6) is 5.75 Å². The van der Waals surface area contributed by atoms with Crippen LogP contribution in [0.15, 0.2) is 60.8 Å². The summed E-state index contributed by atoms with van der Waals surface area (Å²) >= 11 is 0. The van der Waals surface area contributed by atoms with E-state index in [1.54, 1.807) is 14.2 Å². The van der Waals surface area contributed by atoms with Gasteiger partial charge in [-0.25, -0.2) is 0 Å². The van der Waals surface area contributed by atoms with Crippen molar-refractivity contribution in [2.75, 3.05) is 14.2 Å². The summed E-state index contributed by atoms with van der Waals surface area (Å²) in [6, 6.07) is 18.8. The topological polar surface area (TPSA) is 36.3 Å². The van der Waals surface area contributed by atoms with Crippen LogP contribution in [0.1, 0.15) is 0 Å². The largest absolute Gasteiger partial charge is 0.495 e. The van der Waals surface area contributed by atoms with Gasteiger partial charge in [0.25, 0.3) is 0 Å². The van der Waals surface area contributed by atoms with Gasteiger partial charge in [0, 0.05) is 29.5 Å². The molecule has 0 N–H and O–H groups in total. The van der Waals surface area contributed by atoms with Gasteiger partial charge in [0.1, 0.15) is 12.5 Å². The average molecular weight is 342 g/mol. The van der Waals surface area contributed by atoms with Crippen molar-refractivity contribution in [2.24, 2.45) is 0 Å². The number of hydrogen-bond acceptors (Lipinski definition) is 3. The standard InChI is InChI=1S/C22H18N2O2/c1-25-13-24-19-10-6-4-8-15(19)21-20(24)11-16-14-7-3-5-9-18(14)23-12-17(16)22(21)26-2/h3-12H,13H2,1-2H3. The minimum absolute atomic E-state index is 0.488. The second-order valence-electron chi connectivity index (χ2n) is 6.40. The van der Waals surface area contributed by atoms with Gasteiger partial charge >= 0.3 is 0 Å². The molecular formula is C22H18N2O2. The first kappa shape index (κ1) is 15.2. The minimum Gasteiger partial charge on any atom is -0.495 e. The number of fused-ring (bicyclic) bond motifs is 6. The molecule has 0 radical (unpaired) electrons. The van der Waals surface area contributed by atoms with Gasteiger partial charge in [0.05, 0.1) is 29.0 Å². The second-order valence-corrected chi connectivity index (χ2v) is 6.40. The summed E-state index contributed by atoms with van der Waals surface area (Å²) in [6.07, 6.45) is 1.92. The third-order valence-corrected chi connectivity index (χ3v) is 5.04. The van der Waals surface area contributed by atoms with Crippen molar-refractivity contribution in [3.8, 4) is 5.75 Å². The molecule has 0 aliphatic rings. The molecule has 128 valence electrons. The average Bonchev–Trinajstić information content (AvgIpc) is 3.00. The van der Waals surface area contributed by atoms with E-state index in [4.69, 9.17) is 9.47 Å². The van der Waals surface area contributed by atoms with Gasteiger partial charge in [0.2, 0.25) is 0 Å². The van der Waals surface area contributed by atoms with E-state index < -0.39 is 0 Å². The smallest absolute Gasteiger partial charge is 0.138 e. The van der Waals surface area contributed by atoms with E-state index in [0.717, 1.165) is 49.2 Å². The van der Waals surface area contributed by atoms with Crippen molar-refractivity contribution in [3.05, 3.63) is 60.8 Å². The van der Waals surface area contributed by atoms with Crippen molar-refractivity contribution in [1.82, 2.24) is 9.55 Å². The molecular weight excluding hydrogens is 324 g/mol. The van der Waals surface area contributed by atoms with Crippen molar-refractivity contribution >= 4 is 43.5 Å². The zero-order valence-electron chi connectivity index (χ0n) is 14.7. The third-order valence-electron chi connectivity index (χ3n) is 5.04. The molecule has 5 aromatic rings. The first-order valence-corrected chi connectivity index (χ1v) is 8.58. The van der Waals surface area contributed by atoms with Crippen molar-refractivity contribution < 1.29 is 9.47 Å². The number of methoxy groups -OCH3 is 2. The third kappa shape index (κ3) is 1.96. The van der Waals surface area contributed by atoms with Crippen LogP contribution in [0, 0.1) is 0 Å². The number of benzene rings is 3. The summed E-state index contributed by atoms with van der Waals surface area (Å²) in [5.41, 5.74) is 3.22. The second kappa shape index (κ2) is 5.71. The van der Waals surface area contributed by atoms with E-state index in [-0.39, 0.29) is 0 Å². The molecule has 5 rings (SSSR count). The summed E-state index contributed by atoms with van der Waals surface area (Å²) in [6.45, 7) is 0.488. The number of rotatable bonds is 3. The van der Waals surface area contributed by atoms with Crippen LogP contribution in [-0.4, -0.2) is 23.8 Å². The van der Waals surface area contributed by atoms with E-state index in [9.17, 15) is 0 Å². The predicted molar refractivity (Wildman–Crippen MR) is 106 cm³/mol. The van der Waals surface area contributed by atoms with Gasteiger partial charge in [-0.15, -0.1) is 0 Å². The van der Waals surface area contributed by atoms with Crippen LogP contribution in [0.25, 0.3) is 43.5 Å². The molecule has 3 aromatic carbocycles. The summed E-state index contributed by atoms with van der Waals surface area (Å²) in [4.78, 5) is 4.64. The molecule has 0 saturated carbocycles. The lowest BCUT2D eigenvalue weighted by molar-refractivity contribution is 0.138. The first-order chi connectivity index (χ1) is 12.8. The molecule has 4 heteroatoms. The number of aromatic nitrogens is 2. The van der Waals surface area contributed by atoms with Crippen molar-refractivity contribution in [1.29, 1.82) is 0 Å². The Morgan fingerprint density at radius 1 is 0.846 bits per heavy atom. The monoisotopic (exact) mass is 342 g/mol. The lowest BCUT2D eigenvalue weighted by Crippen LogP contribution is -1.99. The highest BCUT2D eigenvalue weighted by Gasteiger charge is 2.18. The Morgan fingerprint density at radius 3 is 2.42 bits per heavy atom. The zero-order valence-corrected chi connectivity index (χ0v) is 14.7. The Hall–Kier alpha value is -3.11. The van der Waals surface area contributed by atoms with E-state index >= 15 is 0 Å². The molecule has 0 bridgehead atoms. The predicted octanol–water partition coefficient (Wildman–Crippen LogP) is 5.11. The van der Waals surface area contributed by atoms with Gasteiger partial charge in [-0.3, -0.25) is 4.98 Å². The highest BCUT2D eigenvalue weighted by Crippen LogP contribution is 2.42. The Balaban J connectivity index is 2.08. The lowest BCUT2D eigenvalue weighted by Gasteiger charge is -2.11. The molecule has 26 heavy (non-hydrogen) atoms. The number of hydrogen-bond donors (Lipinski definition) is 0. The molecule has 4 nitrogen and oxygen atoms in total. The number of ether oxygens (including phenoxy) is 2. The van der Waals surface area contributed by atoms with E-state index in [1.807, 2.05) is 24.4 Å². The number of pyridine rings is 1. The maximum atomic E-state index is 5.90. The maximum absolute atomic E-state index is 5.90. The molecule has 2 heterocycles. The fraction of sp³-hybridized carbons (Fsp3) is 0.136. The number of para-hydroxylation sites is 2. The summed E-state index contributed by atoms with van der Waals surface area (Å²) < 4.78 is 13.6. The quantitative estimate of drug-likeness (QED) is 0.428. The van der Waals surface area contributed by atoms with Crippen molar-refractivity contribution in [3.63, 3.8) is 0 Å². The fourth-order valence-corrected chi connectivity index (χ4v) is 3.96. The zero-order chi connectivity index (χ0) is 17.7. The Kier molecular flexibility index (Phi) is 3.33. The van der Waals surface area contributed by atoms with Gasteiger partial charge in [-0.2, -0.15) is 0 Å². The summed E-state index contributed by atoms with van der Waals surface area (Å²) in [5.74, 6) is 0.863. The highest BCUT2D eigenvalue weighted by molar-refractivity contribution is 6.21. The van der Waals surface area contributed by atoms with Gasteiger partial charge in [-0.05, 0) is 23.6 Å². The molecule has 0 aliphatic heterocycles. The molecule has 0 atom stereocenters. The minimum atomic E-state index is 0.488. The molecule has 0 aliphatic carbocycles. The Morgan fingerprint density at radius 2 is 1.62 bits per heavy atom. The first-order valence-electron chi connectivity index (χ1n) is 8.58. The normalized spacial score (nSPS) is 11.8. The van der Waals surface area contributed by atoms with Crippen LogP contribution >= 0.6 is 0 Å². The van der Waals surface area contributed by atoms with E-state index in [0.29, 0.717) is 6.73 Å². The van der Waals surface area contributed by atoms with Crippen LogP contribution in [0.3, 0.4) is 0 Å². The Bertz CT molecular complexity index is 1290. The highest BCUT2D eigenvalue weighted by atomic mass is 16.5. The molecule has 2 aromatic heterocycles. The summed E-state index contributed by atoms with van der Waals surface area (Å²) in [7, 11) is 3.45. The lowest BCUT2D eigenvalue weighted by atomic mass is 10.0. The van der Waals surface area contributed by atoms with Crippen LogP contribution in [-0.2, 0) is 11.5 Å². The number of nitrogens with zero attached hydrogens (tertiary/aromatic N) is 2. The van der Waals surface area contributed by atoms with Crippen molar-refractivity contribution in [2.45, 2.75) is 6.73 Å². The van der Waals surface area contributed by atoms with E-state index in [2.05, 4.69) is 45.9 Å². The maximum Gasteiger partial charge on any atom is 0.138 e. The van der Waals surface area contributed by atoms with Gasteiger partial charge < -0.3 is 14.0 Å². The van der Waals surface area contributed by atoms with Gasteiger partial charge in [0.15, 0.2) is 0 Å². The van der Waals surface area contributed by atoms with Crippen LogP contribution < -0.4 is 4.74 Å². The van der Waals surface area contributed by atoms with E-state index in [1.165, 1.54) is 0 Å². The van der Waals surface area contributed by atoms with Crippen LogP contribution in [0.2, 0.25) is 0 Å². The molecule has 0 unspecified atom stereocenters.